The molecule has 1 aromatic carbocycles. The molecule has 2 aromatic rings. The van der Waals surface area contributed by atoms with Crippen LogP contribution < -0.4 is 5.32 Å². The van der Waals surface area contributed by atoms with Gasteiger partial charge in [0.2, 0.25) is 5.91 Å². The summed E-state index contributed by atoms with van der Waals surface area (Å²) in [6.45, 7) is 1.40. The third-order valence-corrected chi connectivity index (χ3v) is 4.55. The van der Waals surface area contributed by atoms with E-state index < -0.39 is 11.6 Å². The van der Waals surface area contributed by atoms with Gasteiger partial charge in [0, 0.05) is 29.7 Å². The molecule has 1 amide bonds. The number of carbonyl (C=O) groups excluding carboxylic acids is 1. The lowest BCUT2D eigenvalue weighted by Crippen LogP contribution is -2.38. The molecule has 0 radical (unpaired) electrons. The van der Waals surface area contributed by atoms with Gasteiger partial charge >= 0.3 is 0 Å². The third-order valence-electron chi connectivity index (χ3n) is 3.52. The third kappa shape index (κ3) is 3.05. The summed E-state index contributed by atoms with van der Waals surface area (Å²) in [5.41, 5.74) is 1.60. The minimum atomic E-state index is -0.923. The molecule has 0 spiro atoms. The largest absolute Gasteiger partial charge is 0.376 e. The molecule has 0 bridgehead atoms. The van der Waals surface area contributed by atoms with E-state index in [-0.39, 0.29) is 12.5 Å². The second-order valence-corrected chi connectivity index (χ2v) is 5.92. The molecular weight excluding hydrogens is 294 g/mol. The number of rotatable bonds is 3. The molecule has 2 heterocycles. The molecule has 110 valence electrons. The number of benzene rings is 1. The fourth-order valence-electron chi connectivity index (χ4n) is 2.36. The number of halogens is 2. The minimum absolute atomic E-state index is 0.0448. The summed E-state index contributed by atoms with van der Waals surface area (Å²) in [6.07, 6.45) is 0.879. The predicted molar refractivity (Wildman–Crippen MR) is 78.3 cm³/mol. The van der Waals surface area contributed by atoms with Gasteiger partial charge in [-0.3, -0.25) is 4.79 Å². The Bertz CT molecular complexity index is 671. The maximum atomic E-state index is 13.1. The number of carbonyl (C=O) groups is 1. The number of amides is 1. The number of anilines is 1. The Labute approximate surface area is 125 Å². The van der Waals surface area contributed by atoms with Crippen LogP contribution in [-0.2, 0) is 17.8 Å². The fourth-order valence-corrected chi connectivity index (χ4v) is 3.25. The molecule has 0 aliphatic carbocycles. The highest BCUT2D eigenvalue weighted by Crippen LogP contribution is 2.24. The molecular formula is C15H14F2N2OS. The number of nitrogens with one attached hydrogen (secondary N) is 1. The lowest BCUT2D eigenvalue weighted by molar-refractivity contribution is -0.130. The van der Waals surface area contributed by atoms with Crippen LogP contribution >= 0.6 is 11.3 Å². The molecule has 1 aromatic heterocycles. The van der Waals surface area contributed by atoms with Gasteiger partial charge in [-0.1, -0.05) is 0 Å². The van der Waals surface area contributed by atoms with Crippen LogP contribution in [0.2, 0.25) is 0 Å². The van der Waals surface area contributed by atoms with E-state index in [1.165, 1.54) is 16.5 Å². The lowest BCUT2D eigenvalue weighted by Gasteiger charge is -2.27. The van der Waals surface area contributed by atoms with Crippen LogP contribution in [0.5, 0.6) is 0 Å². The van der Waals surface area contributed by atoms with E-state index in [0.717, 1.165) is 18.6 Å². The molecule has 3 nitrogen and oxygen atoms in total. The van der Waals surface area contributed by atoms with Crippen molar-refractivity contribution in [2.45, 2.75) is 13.0 Å². The number of hydrogen-bond donors (Lipinski definition) is 1. The average molecular weight is 308 g/mol. The highest BCUT2D eigenvalue weighted by atomic mass is 32.1. The molecule has 0 atom stereocenters. The maximum Gasteiger partial charge on any atom is 0.242 e. The van der Waals surface area contributed by atoms with Gasteiger partial charge in [-0.2, -0.15) is 0 Å². The summed E-state index contributed by atoms with van der Waals surface area (Å²) >= 11 is 1.72. The first-order valence-corrected chi connectivity index (χ1v) is 7.53. The van der Waals surface area contributed by atoms with E-state index in [9.17, 15) is 13.6 Å². The quantitative estimate of drug-likeness (QED) is 0.945. The number of fused-ring (bicyclic) bond motifs is 1. The van der Waals surface area contributed by atoms with Crippen molar-refractivity contribution in [1.82, 2.24) is 4.90 Å². The minimum Gasteiger partial charge on any atom is -0.376 e. The van der Waals surface area contributed by atoms with Crippen LogP contribution in [0.25, 0.3) is 0 Å². The Hall–Kier alpha value is -1.95. The first-order chi connectivity index (χ1) is 10.1. The van der Waals surface area contributed by atoms with Gasteiger partial charge in [-0.15, -0.1) is 11.3 Å². The Morgan fingerprint density at radius 2 is 2.14 bits per heavy atom. The van der Waals surface area contributed by atoms with E-state index >= 15 is 0 Å². The zero-order chi connectivity index (χ0) is 14.8. The van der Waals surface area contributed by atoms with Gasteiger partial charge in [0.05, 0.1) is 6.54 Å². The number of thiophene rings is 1. The molecule has 3 rings (SSSR count). The zero-order valence-electron chi connectivity index (χ0n) is 11.2. The molecule has 0 fully saturated rings. The highest BCUT2D eigenvalue weighted by molar-refractivity contribution is 7.10. The molecule has 1 aliphatic rings. The summed E-state index contributed by atoms with van der Waals surface area (Å²) in [5, 5.41) is 4.87. The standard InChI is InChI=1S/C15H14F2N2OS/c16-12-2-1-11(7-13(12)17)18-8-15(20)19-5-3-14-10(9-19)4-6-21-14/h1-2,4,6-7,18H,3,5,8-9H2. The summed E-state index contributed by atoms with van der Waals surface area (Å²) < 4.78 is 25.9. The monoisotopic (exact) mass is 308 g/mol. The van der Waals surface area contributed by atoms with Crippen molar-refractivity contribution in [3.05, 3.63) is 51.7 Å². The van der Waals surface area contributed by atoms with Crippen LogP contribution in [0.15, 0.2) is 29.6 Å². The van der Waals surface area contributed by atoms with Crippen LogP contribution in [0.3, 0.4) is 0 Å². The molecule has 1 N–H and O–H groups in total. The number of nitrogens with zero attached hydrogens (tertiary/aromatic N) is 1. The SMILES string of the molecule is O=C(CNc1ccc(F)c(F)c1)N1CCc2sccc2C1. The van der Waals surface area contributed by atoms with Gasteiger partial charge < -0.3 is 10.2 Å². The average Bonchev–Trinajstić information content (AvgIpc) is 2.95. The Morgan fingerprint density at radius 3 is 2.95 bits per heavy atom. The molecule has 0 saturated carbocycles. The maximum absolute atomic E-state index is 13.1. The second-order valence-electron chi connectivity index (χ2n) is 4.92. The molecule has 0 unspecified atom stereocenters. The van der Waals surface area contributed by atoms with Gasteiger partial charge in [0.15, 0.2) is 11.6 Å². The van der Waals surface area contributed by atoms with Crippen LogP contribution in [0, 0.1) is 11.6 Å². The van der Waals surface area contributed by atoms with E-state index in [2.05, 4.69) is 5.32 Å². The topological polar surface area (TPSA) is 32.3 Å². The Morgan fingerprint density at radius 1 is 1.29 bits per heavy atom. The van der Waals surface area contributed by atoms with Gasteiger partial charge in [0.1, 0.15) is 0 Å². The van der Waals surface area contributed by atoms with Crippen molar-refractivity contribution in [2.24, 2.45) is 0 Å². The molecule has 6 heteroatoms. The van der Waals surface area contributed by atoms with Crippen LogP contribution in [0.1, 0.15) is 10.4 Å². The smallest absolute Gasteiger partial charge is 0.242 e. The van der Waals surface area contributed by atoms with E-state index in [1.54, 1.807) is 16.2 Å². The van der Waals surface area contributed by atoms with E-state index in [4.69, 9.17) is 0 Å². The zero-order valence-corrected chi connectivity index (χ0v) is 12.1. The summed E-state index contributed by atoms with van der Waals surface area (Å²) in [5.74, 6) is -1.86. The second kappa shape index (κ2) is 5.81. The summed E-state index contributed by atoms with van der Waals surface area (Å²) in [7, 11) is 0. The van der Waals surface area contributed by atoms with Crippen molar-refractivity contribution < 1.29 is 13.6 Å². The highest BCUT2D eigenvalue weighted by Gasteiger charge is 2.21. The first-order valence-electron chi connectivity index (χ1n) is 6.65. The van der Waals surface area contributed by atoms with Crippen LogP contribution in [-0.4, -0.2) is 23.9 Å². The first kappa shape index (κ1) is 14.0. The predicted octanol–water partition coefficient (Wildman–Crippen LogP) is 3.02. The van der Waals surface area contributed by atoms with E-state index in [0.29, 0.717) is 18.8 Å². The van der Waals surface area contributed by atoms with Crippen molar-refractivity contribution in [3.8, 4) is 0 Å². The normalized spacial score (nSPS) is 13.9. The van der Waals surface area contributed by atoms with E-state index in [1.807, 2.05) is 11.4 Å². The Balaban J connectivity index is 1.58. The van der Waals surface area contributed by atoms with Crippen molar-refractivity contribution in [1.29, 1.82) is 0 Å². The lowest BCUT2D eigenvalue weighted by atomic mass is 10.1. The molecule has 1 aliphatic heterocycles. The number of hydrogen-bond acceptors (Lipinski definition) is 3. The van der Waals surface area contributed by atoms with Crippen molar-refractivity contribution in [2.75, 3.05) is 18.4 Å². The van der Waals surface area contributed by atoms with Gasteiger partial charge in [0.25, 0.3) is 0 Å². The molecule has 0 saturated heterocycles. The van der Waals surface area contributed by atoms with Crippen LogP contribution in [0.4, 0.5) is 14.5 Å². The summed E-state index contributed by atoms with van der Waals surface area (Å²) in [4.78, 5) is 15.3. The summed E-state index contributed by atoms with van der Waals surface area (Å²) in [6, 6.07) is 5.55. The van der Waals surface area contributed by atoms with Gasteiger partial charge in [-0.25, -0.2) is 8.78 Å². The van der Waals surface area contributed by atoms with Crippen molar-refractivity contribution >= 4 is 22.9 Å². The Kier molecular flexibility index (Phi) is 3.88. The van der Waals surface area contributed by atoms with Gasteiger partial charge in [-0.05, 0) is 35.6 Å². The molecule has 21 heavy (non-hydrogen) atoms. The fraction of sp³-hybridized carbons (Fsp3) is 0.267. The van der Waals surface area contributed by atoms with Crippen molar-refractivity contribution in [3.63, 3.8) is 0 Å².